The molecule has 0 fully saturated rings. The highest BCUT2D eigenvalue weighted by Gasteiger charge is 2.16. The van der Waals surface area contributed by atoms with Crippen molar-refractivity contribution in [3.8, 4) is 0 Å². The van der Waals surface area contributed by atoms with Gasteiger partial charge in [-0.2, -0.15) is 5.10 Å². The second-order valence-electron chi connectivity index (χ2n) is 5.08. The Hall–Kier alpha value is -2.02. The van der Waals surface area contributed by atoms with E-state index in [4.69, 9.17) is 0 Å². The van der Waals surface area contributed by atoms with Crippen molar-refractivity contribution in [2.75, 3.05) is 5.32 Å². The van der Waals surface area contributed by atoms with Gasteiger partial charge in [0.05, 0.1) is 5.69 Å². The van der Waals surface area contributed by atoms with Gasteiger partial charge in [0.25, 0.3) is 11.5 Å². The molecule has 0 aliphatic heterocycles. The first-order valence-electron chi connectivity index (χ1n) is 6.98. The Morgan fingerprint density at radius 2 is 2.10 bits per heavy atom. The van der Waals surface area contributed by atoms with Gasteiger partial charge in [0.2, 0.25) is 0 Å². The van der Waals surface area contributed by atoms with Crippen LogP contribution in [0, 0.1) is 0 Å². The van der Waals surface area contributed by atoms with Crippen molar-refractivity contribution >= 4 is 22.4 Å². The molecule has 1 N–H and O–H groups in total. The normalized spacial score (nSPS) is 14.3. The van der Waals surface area contributed by atoms with Gasteiger partial charge >= 0.3 is 0 Å². The molecule has 21 heavy (non-hydrogen) atoms. The van der Waals surface area contributed by atoms with Gasteiger partial charge in [-0.15, -0.1) is 11.3 Å². The van der Waals surface area contributed by atoms with Crippen molar-refractivity contribution in [1.82, 2.24) is 14.8 Å². The molecule has 1 amide bonds. The summed E-state index contributed by atoms with van der Waals surface area (Å²) >= 11 is 1.54. The molecule has 110 valence electrons. The summed E-state index contributed by atoms with van der Waals surface area (Å²) in [7, 11) is 1.52. The standard InChI is InChI=1S/C14H16N4O2S/c1-18-12(19)8-7-10(17-18)13(20)16-14-15-9-5-3-2-4-6-11(9)21-14/h7-8H,2-6H2,1H3,(H,15,16,20). The van der Waals surface area contributed by atoms with Gasteiger partial charge in [-0.05, 0) is 31.7 Å². The van der Waals surface area contributed by atoms with E-state index in [1.165, 1.54) is 48.2 Å². The summed E-state index contributed by atoms with van der Waals surface area (Å²) in [5.41, 5.74) is 1.08. The molecule has 2 aromatic heterocycles. The number of carbonyl (C=O) groups excluding carboxylic acids is 1. The van der Waals surface area contributed by atoms with Crippen molar-refractivity contribution in [2.24, 2.45) is 7.05 Å². The molecule has 2 heterocycles. The van der Waals surface area contributed by atoms with Crippen LogP contribution >= 0.6 is 11.3 Å². The smallest absolute Gasteiger partial charge is 0.277 e. The van der Waals surface area contributed by atoms with Gasteiger partial charge in [0.1, 0.15) is 5.69 Å². The molecule has 0 spiro atoms. The van der Waals surface area contributed by atoms with Crippen LogP contribution in [0.25, 0.3) is 0 Å². The zero-order chi connectivity index (χ0) is 14.8. The minimum atomic E-state index is -0.338. The van der Waals surface area contributed by atoms with E-state index in [9.17, 15) is 9.59 Å². The summed E-state index contributed by atoms with van der Waals surface area (Å²) in [6.07, 6.45) is 5.62. The third kappa shape index (κ3) is 3.02. The number of hydrogen-bond acceptors (Lipinski definition) is 5. The van der Waals surface area contributed by atoms with E-state index in [1.54, 1.807) is 0 Å². The number of rotatable bonds is 2. The maximum absolute atomic E-state index is 12.1. The van der Waals surface area contributed by atoms with E-state index in [-0.39, 0.29) is 17.2 Å². The SMILES string of the molecule is Cn1nc(C(=O)Nc2nc3c(s2)CCCCC3)ccc1=O. The molecule has 0 atom stereocenters. The van der Waals surface area contributed by atoms with Gasteiger partial charge in [0.15, 0.2) is 5.13 Å². The summed E-state index contributed by atoms with van der Waals surface area (Å²) in [5, 5.41) is 7.32. The van der Waals surface area contributed by atoms with Crippen molar-refractivity contribution in [3.05, 3.63) is 38.8 Å². The number of hydrogen-bond donors (Lipinski definition) is 1. The van der Waals surface area contributed by atoms with Crippen molar-refractivity contribution in [2.45, 2.75) is 32.1 Å². The Bertz CT molecular complexity index is 711. The second kappa shape index (κ2) is 5.77. The van der Waals surface area contributed by atoms with E-state index in [2.05, 4.69) is 15.4 Å². The zero-order valence-electron chi connectivity index (χ0n) is 11.8. The van der Waals surface area contributed by atoms with Crippen molar-refractivity contribution in [1.29, 1.82) is 0 Å². The lowest BCUT2D eigenvalue weighted by Gasteiger charge is -2.02. The predicted octanol–water partition coefficient (Wildman–Crippen LogP) is 1.76. The van der Waals surface area contributed by atoms with Crippen LogP contribution in [0.1, 0.15) is 40.3 Å². The number of carbonyl (C=O) groups is 1. The molecule has 0 saturated heterocycles. The van der Waals surface area contributed by atoms with Crippen LogP contribution in [-0.4, -0.2) is 20.7 Å². The van der Waals surface area contributed by atoms with E-state index >= 15 is 0 Å². The van der Waals surface area contributed by atoms with Crippen LogP contribution in [0.3, 0.4) is 0 Å². The molecule has 3 rings (SSSR count). The lowest BCUT2D eigenvalue weighted by atomic mass is 10.2. The number of anilines is 1. The van der Waals surface area contributed by atoms with Gasteiger partial charge in [-0.1, -0.05) is 6.42 Å². The molecule has 1 aliphatic carbocycles. The quantitative estimate of drug-likeness (QED) is 0.858. The molecule has 0 aromatic carbocycles. The molecular weight excluding hydrogens is 288 g/mol. The first-order valence-corrected chi connectivity index (χ1v) is 7.79. The fraction of sp³-hybridized carbons (Fsp3) is 0.429. The number of nitrogens with one attached hydrogen (secondary N) is 1. The van der Waals surface area contributed by atoms with Crippen LogP contribution in [0.2, 0.25) is 0 Å². The summed E-state index contributed by atoms with van der Waals surface area (Å²) in [6, 6.07) is 2.76. The van der Waals surface area contributed by atoms with Crippen LogP contribution in [0.15, 0.2) is 16.9 Å². The van der Waals surface area contributed by atoms with E-state index in [0.29, 0.717) is 5.13 Å². The Labute approximate surface area is 125 Å². The number of aromatic nitrogens is 3. The summed E-state index contributed by atoms with van der Waals surface area (Å²) in [4.78, 5) is 29.2. The number of aryl methyl sites for hydroxylation is 3. The Kier molecular flexibility index (Phi) is 3.83. The largest absolute Gasteiger partial charge is 0.296 e. The van der Waals surface area contributed by atoms with Crippen LogP contribution < -0.4 is 10.9 Å². The maximum Gasteiger partial charge on any atom is 0.277 e. The molecule has 0 saturated carbocycles. The van der Waals surface area contributed by atoms with Gasteiger partial charge in [0, 0.05) is 18.0 Å². The lowest BCUT2D eigenvalue weighted by Crippen LogP contribution is -2.23. The fourth-order valence-electron chi connectivity index (χ4n) is 2.37. The highest BCUT2D eigenvalue weighted by atomic mass is 32.1. The van der Waals surface area contributed by atoms with Gasteiger partial charge in [-0.3, -0.25) is 14.9 Å². The molecule has 1 aliphatic rings. The van der Waals surface area contributed by atoms with Crippen molar-refractivity contribution in [3.63, 3.8) is 0 Å². The Morgan fingerprint density at radius 1 is 1.29 bits per heavy atom. The van der Waals surface area contributed by atoms with Gasteiger partial charge in [-0.25, -0.2) is 9.67 Å². The third-order valence-electron chi connectivity index (χ3n) is 3.51. The number of fused-ring (bicyclic) bond motifs is 1. The van der Waals surface area contributed by atoms with Crippen LogP contribution in [0.5, 0.6) is 0 Å². The van der Waals surface area contributed by atoms with E-state index < -0.39 is 0 Å². The summed E-state index contributed by atoms with van der Waals surface area (Å²) in [5.74, 6) is -0.338. The number of amides is 1. The Morgan fingerprint density at radius 3 is 2.90 bits per heavy atom. The zero-order valence-corrected chi connectivity index (χ0v) is 12.6. The summed E-state index contributed by atoms with van der Waals surface area (Å²) in [6.45, 7) is 0. The molecule has 0 bridgehead atoms. The minimum absolute atomic E-state index is 0.211. The lowest BCUT2D eigenvalue weighted by molar-refractivity contribution is 0.102. The van der Waals surface area contributed by atoms with Crippen LogP contribution in [-0.2, 0) is 19.9 Å². The highest BCUT2D eigenvalue weighted by Crippen LogP contribution is 2.29. The average Bonchev–Trinajstić information content (AvgIpc) is 2.70. The molecule has 7 heteroatoms. The van der Waals surface area contributed by atoms with Crippen molar-refractivity contribution < 1.29 is 4.79 Å². The molecule has 6 nitrogen and oxygen atoms in total. The molecule has 0 unspecified atom stereocenters. The van der Waals surface area contributed by atoms with E-state index in [0.717, 1.165) is 29.6 Å². The molecule has 2 aromatic rings. The predicted molar refractivity (Wildman–Crippen MR) is 80.8 cm³/mol. The van der Waals surface area contributed by atoms with Gasteiger partial charge < -0.3 is 0 Å². The maximum atomic E-state index is 12.1. The fourth-order valence-corrected chi connectivity index (χ4v) is 3.41. The third-order valence-corrected chi connectivity index (χ3v) is 4.58. The first kappa shape index (κ1) is 13.9. The first-order chi connectivity index (χ1) is 10.1. The minimum Gasteiger partial charge on any atom is -0.296 e. The highest BCUT2D eigenvalue weighted by molar-refractivity contribution is 7.15. The molecule has 0 radical (unpaired) electrons. The Balaban J connectivity index is 1.78. The summed E-state index contributed by atoms with van der Waals surface area (Å²) < 4.78 is 1.14. The van der Waals surface area contributed by atoms with E-state index in [1.807, 2.05) is 0 Å². The number of thiazole rings is 1. The second-order valence-corrected chi connectivity index (χ2v) is 6.17. The topological polar surface area (TPSA) is 76.9 Å². The monoisotopic (exact) mass is 304 g/mol. The number of nitrogens with zero attached hydrogens (tertiary/aromatic N) is 3. The van der Waals surface area contributed by atoms with Crippen LogP contribution in [0.4, 0.5) is 5.13 Å². The average molecular weight is 304 g/mol. The molecular formula is C14H16N4O2S.